The molecule has 0 radical (unpaired) electrons. The molecule has 2 aliphatic heterocycles. The minimum absolute atomic E-state index is 0.349. The highest BCUT2D eigenvalue weighted by Crippen LogP contribution is 2.54. The third kappa shape index (κ3) is 4.81. The maximum atomic E-state index is 14.1. The Morgan fingerprint density at radius 2 is 0.956 bits per heavy atom. The van der Waals surface area contributed by atoms with E-state index in [1.807, 2.05) is 109 Å². The van der Waals surface area contributed by atoms with E-state index >= 15 is 0 Å². The first-order valence-corrected chi connectivity index (χ1v) is 15.0. The molecule has 0 unspecified atom stereocenters. The van der Waals surface area contributed by atoms with Gasteiger partial charge in [-0.2, -0.15) is 0 Å². The number of anilines is 1. The van der Waals surface area contributed by atoms with Crippen molar-refractivity contribution in [3.63, 3.8) is 0 Å². The third-order valence-electron chi connectivity index (χ3n) is 8.14. The second-order valence-corrected chi connectivity index (χ2v) is 11.5. The van der Waals surface area contributed by atoms with Crippen LogP contribution in [0, 0.1) is 0 Å². The van der Waals surface area contributed by atoms with Crippen LogP contribution in [0.1, 0.15) is 38.2 Å². The van der Waals surface area contributed by atoms with Crippen LogP contribution in [0.25, 0.3) is 22.4 Å². The fraction of sp³-hybridized carbons (Fsp3) is 0.0526. The number of para-hydroxylation sites is 1. The molecule has 220 valence electrons. The van der Waals surface area contributed by atoms with E-state index in [9.17, 15) is 9.59 Å². The molecule has 2 heterocycles. The number of hydrogen-bond acceptors (Lipinski definition) is 4. The number of allylic oxidation sites excluding steroid dienone is 2. The Bertz CT molecular complexity index is 2040. The van der Waals surface area contributed by atoms with Gasteiger partial charge in [-0.1, -0.05) is 71.7 Å². The van der Waals surface area contributed by atoms with Crippen molar-refractivity contribution in [3.05, 3.63) is 159 Å². The number of Topliss-reactive ketones (excluding diaryl/α,β-unsaturated/α-hetero) is 1. The van der Waals surface area contributed by atoms with Gasteiger partial charge in [0.1, 0.15) is 11.5 Å². The first-order valence-electron chi connectivity index (χ1n) is 14.2. The van der Waals surface area contributed by atoms with Gasteiger partial charge in [-0.25, -0.2) is 0 Å². The molecule has 0 N–H and O–H groups in total. The number of nitrogens with zero attached hydrogens (tertiary/aromatic N) is 1. The first kappa shape index (κ1) is 28.7. The van der Waals surface area contributed by atoms with Gasteiger partial charge in [0.2, 0.25) is 0 Å². The summed E-state index contributed by atoms with van der Waals surface area (Å²) in [5.74, 6) is 0.172. The molecule has 7 rings (SSSR count). The van der Waals surface area contributed by atoms with E-state index < -0.39 is 11.7 Å². The largest absolute Gasteiger partial charge is 0.497 e. The van der Waals surface area contributed by atoms with Crippen molar-refractivity contribution in [3.8, 4) is 11.5 Å². The smallest absolute Gasteiger partial charge is 0.304 e. The standard InChI is InChI=1S/C38H25Cl2NO4/c1-44-28-18-10-24(11-19-28)34-33(23-8-16-27(40)17-9-23)32(22-6-14-26(39)15-7-22)30-4-3-5-31-36(30)41(38(43)37(31)42)35(34)25-12-20-29(45-2)21-13-25/h3-21H,1-2H3. The molecule has 0 fully saturated rings. The Balaban J connectivity index is 1.72. The van der Waals surface area contributed by atoms with Crippen LogP contribution >= 0.6 is 23.2 Å². The number of carbonyl (C=O) groups excluding carboxylic acids is 2. The van der Waals surface area contributed by atoms with Gasteiger partial charge in [-0.05, 0) is 94.6 Å². The Kier molecular flexibility index (Phi) is 7.28. The van der Waals surface area contributed by atoms with Crippen LogP contribution < -0.4 is 14.4 Å². The van der Waals surface area contributed by atoms with Crippen LogP contribution in [-0.2, 0) is 4.79 Å². The van der Waals surface area contributed by atoms with Crippen molar-refractivity contribution in [2.45, 2.75) is 0 Å². The van der Waals surface area contributed by atoms with E-state index in [1.165, 1.54) is 0 Å². The summed E-state index contributed by atoms with van der Waals surface area (Å²) in [5.41, 5.74) is 7.94. The van der Waals surface area contributed by atoms with Crippen molar-refractivity contribution in [1.82, 2.24) is 0 Å². The van der Waals surface area contributed by atoms with Gasteiger partial charge in [0.05, 0.1) is 31.2 Å². The molecule has 0 saturated carbocycles. The predicted octanol–water partition coefficient (Wildman–Crippen LogP) is 9.08. The van der Waals surface area contributed by atoms with Crippen molar-refractivity contribution in [1.29, 1.82) is 0 Å². The highest BCUT2D eigenvalue weighted by atomic mass is 35.5. The molecule has 7 heteroatoms. The Morgan fingerprint density at radius 1 is 0.511 bits per heavy atom. The quantitative estimate of drug-likeness (QED) is 0.176. The summed E-state index contributed by atoms with van der Waals surface area (Å²) in [6, 6.07) is 35.9. The van der Waals surface area contributed by atoms with Crippen molar-refractivity contribution < 1.29 is 19.1 Å². The fourth-order valence-electron chi connectivity index (χ4n) is 6.07. The molecule has 5 aromatic carbocycles. The molecular weight excluding hydrogens is 605 g/mol. The van der Waals surface area contributed by atoms with Crippen LogP contribution in [0.15, 0.2) is 115 Å². The van der Waals surface area contributed by atoms with Crippen molar-refractivity contribution in [2.75, 3.05) is 19.1 Å². The molecular formula is C38H25Cl2NO4. The number of rotatable bonds is 6. The number of carbonyl (C=O) groups is 2. The molecule has 45 heavy (non-hydrogen) atoms. The topological polar surface area (TPSA) is 55.8 Å². The summed E-state index contributed by atoms with van der Waals surface area (Å²) in [4.78, 5) is 29.4. The zero-order valence-corrected chi connectivity index (χ0v) is 25.8. The summed E-state index contributed by atoms with van der Waals surface area (Å²) in [6.07, 6.45) is 0. The van der Waals surface area contributed by atoms with Gasteiger partial charge in [-0.15, -0.1) is 0 Å². The summed E-state index contributed by atoms with van der Waals surface area (Å²) >= 11 is 12.8. The average Bonchev–Trinajstić information content (AvgIpc) is 3.24. The van der Waals surface area contributed by atoms with E-state index in [0.29, 0.717) is 38.5 Å². The zero-order chi connectivity index (χ0) is 31.2. The van der Waals surface area contributed by atoms with E-state index in [1.54, 1.807) is 25.2 Å². The monoisotopic (exact) mass is 629 g/mol. The minimum Gasteiger partial charge on any atom is -0.497 e. The van der Waals surface area contributed by atoms with E-state index in [-0.39, 0.29) is 0 Å². The van der Waals surface area contributed by atoms with E-state index in [2.05, 4.69) is 0 Å². The lowest BCUT2D eigenvalue weighted by Crippen LogP contribution is -2.29. The van der Waals surface area contributed by atoms with Gasteiger partial charge in [0.25, 0.3) is 5.78 Å². The number of ether oxygens (including phenoxy) is 2. The van der Waals surface area contributed by atoms with Crippen LogP contribution in [-0.4, -0.2) is 25.9 Å². The highest BCUT2D eigenvalue weighted by Gasteiger charge is 2.44. The fourth-order valence-corrected chi connectivity index (χ4v) is 6.33. The summed E-state index contributed by atoms with van der Waals surface area (Å²) in [5, 5.41) is 1.19. The Morgan fingerprint density at radius 3 is 1.49 bits per heavy atom. The molecule has 0 atom stereocenters. The lowest BCUT2D eigenvalue weighted by molar-refractivity contribution is -0.113. The van der Waals surface area contributed by atoms with Crippen molar-refractivity contribution >= 4 is 63.0 Å². The van der Waals surface area contributed by atoms with Gasteiger partial charge in [-0.3, -0.25) is 14.5 Å². The molecule has 0 bridgehead atoms. The number of halogens is 2. The van der Waals surface area contributed by atoms with E-state index in [4.69, 9.17) is 32.7 Å². The van der Waals surface area contributed by atoms with E-state index in [0.717, 1.165) is 44.5 Å². The van der Waals surface area contributed by atoms with Gasteiger partial charge >= 0.3 is 5.91 Å². The Hall–Kier alpha value is -5.10. The Labute approximate surface area is 270 Å². The van der Waals surface area contributed by atoms with Gasteiger partial charge in [0.15, 0.2) is 0 Å². The molecule has 0 aliphatic carbocycles. The lowest BCUT2D eigenvalue weighted by atomic mass is 9.82. The van der Waals surface area contributed by atoms with Crippen LogP contribution in [0.4, 0.5) is 5.69 Å². The second kappa shape index (κ2) is 11.4. The summed E-state index contributed by atoms with van der Waals surface area (Å²) in [7, 11) is 3.22. The number of benzene rings is 5. The number of hydrogen-bond donors (Lipinski definition) is 0. The van der Waals surface area contributed by atoms with Crippen LogP contribution in [0.2, 0.25) is 10.0 Å². The maximum Gasteiger partial charge on any atom is 0.304 e. The molecule has 2 aliphatic rings. The number of methoxy groups -OCH3 is 2. The summed E-state index contributed by atoms with van der Waals surface area (Å²) < 4.78 is 11.0. The molecule has 1 amide bonds. The maximum absolute atomic E-state index is 14.1. The summed E-state index contributed by atoms with van der Waals surface area (Å²) in [6.45, 7) is 0. The highest BCUT2D eigenvalue weighted by molar-refractivity contribution is 6.56. The SMILES string of the molecule is COc1ccc(C2=C(c3ccc(OC)cc3)N3C(=O)C(=O)c4cccc(c43)C(c3ccc(Cl)cc3)=C2c2ccc(Cl)cc2)cc1. The normalized spacial score (nSPS) is 14.1. The third-order valence-corrected chi connectivity index (χ3v) is 8.64. The molecule has 0 spiro atoms. The van der Waals surface area contributed by atoms with Crippen LogP contribution in [0.3, 0.4) is 0 Å². The molecule has 0 saturated heterocycles. The van der Waals surface area contributed by atoms with Gasteiger partial charge in [0, 0.05) is 26.8 Å². The number of amides is 1. The van der Waals surface area contributed by atoms with Crippen LogP contribution in [0.5, 0.6) is 11.5 Å². The minimum atomic E-state index is -0.623. The molecule has 5 nitrogen and oxygen atoms in total. The number of ketones is 1. The predicted molar refractivity (Wildman–Crippen MR) is 180 cm³/mol. The molecule has 0 aromatic heterocycles. The second-order valence-electron chi connectivity index (χ2n) is 10.6. The lowest BCUT2D eigenvalue weighted by Gasteiger charge is -2.25. The van der Waals surface area contributed by atoms with Gasteiger partial charge < -0.3 is 9.47 Å². The average molecular weight is 631 g/mol. The zero-order valence-electron chi connectivity index (χ0n) is 24.3. The first-order chi connectivity index (χ1) is 21.9. The van der Waals surface area contributed by atoms with Crippen molar-refractivity contribution in [2.24, 2.45) is 0 Å². The molecule has 5 aromatic rings.